The molecule has 0 saturated carbocycles. The number of carboxylic acid groups (broad SMARTS) is 1. The number of carbonyl (C=O) groups is 1. The summed E-state index contributed by atoms with van der Waals surface area (Å²) in [5, 5.41) is 16.8. The molecule has 9 heteroatoms. The summed E-state index contributed by atoms with van der Waals surface area (Å²) in [5.41, 5.74) is 8.32. The predicted molar refractivity (Wildman–Crippen MR) is 146 cm³/mol. The molecular weight excluding hydrogens is 492 g/mol. The van der Waals surface area contributed by atoms with Gasteiger partial charge in [-0.2, -0.15) is 5.12 Å². The first-order chi connectivity index (χ1) is 17.5. The van der Waals surface area contributed by atoms with Gasteiger partial charge in [0.05, 0.1) is 23.2 Å². The van der Waals surface area contributed by atoms with E-state index in [1.165, 1.54) is 5.56 Å². The third kappa shape index (κ3) is 6.32. The Hall–Kier alpha value is -2.94. The van der Waals surface area contributed by atoms with Gasteiger partial charge in [0.1, 0.15) is 11.4 Å². The average molecular weight is 529 g/mol. The van der Waals surface area contributed by atoms with Crippen LogP contribution in [-0.4, -0.2) is 35.4 Å². The number of nitrogens with zero attached hydrogens (tertiary/aromatic N) is 2. The highest BCUT2D eigenvalue weighted by Crippen LogP contribution is 2.42. The van der Waals surface area contributed by atoms with E-state index in [1.54, 1.807) is 0 Å². The van der Waals surface area contributed by atoms with Crippen LogP contribution in [0.2, 0.25) is 5.02 Å². The van der Waals surface area contributed by atoms with E-state index in [0.717, 1.165) is 47.7 Å². The highest BCUT2D eigenvalue weighted by Gasteiger charge is 2.39. The van der Waals surface area contributed by atoms with Gasteiger partial charge in [-0.05, 0) is 67.7 Å². The predicted octanol–water partition coefficient (Wildman–Crippen LogP) is 5.53. The summed E-state index contributed by atoms with van der Waals surface area (Å²) in [4.78, 5) is 16.9. The number of ether oxygens (including phenoxy) is 1. The maximum absolute atomic E-state index is 10.8. The fourth-order valence-electron chi connectivity index (χ4n) is 4.67. The molecule has 0 saturated heterocycles. The molecule has 0 unspecified atom stereocenters. The van der Waals surface area contributed by atoms with E-state index < -0.39 is 5.97 Å². The third-order valence-electron chi connectivity index (χ3n) is 6.25. The van der Waals surface area contributed by atoms with Gasteiger partial charge in [0, 0.05) is 30.6 Å². The molecule has 0 aliphatic carbocycles. The van der Waals surface area contributed by atoms with Crippen LogP contribution in [0.4, 0.5) is 5.69 Å². The third-order valence-corrected chi connectivity index (χ3v) is 6.55. The van der Waals surface area contributed by atoms with E-state index in [9.17, 15) is 4.79 Å². The zero-order valence-electron chi connectivity index (χ0n) is 22.2. The van der Waals surface area contributed by atoms with Crippen LogP contribution in [0.1, 0.15) is 64.2 Å². The molecule has 0 amide bonds. The van der Waals surface area contributed by atoms with Crippen molar-refractivity contribution in [1.29, 1.82) is 0 Å². The smallest absolute Gasteiger partial charge is 0.304 e. The topological polar surface area (TPSA) is 86.3 Å². The Morgan fingerprint density at radius 1 is 1.24 bits per heavy atom. The zero-order valence-corrected chi connectivity index (χ0v) is 23.0. The quantitative estimate of drug-likeness (QED) is 0.366. The van der Waals surface area contributed by atoms with E-state index >= 15 is 0 Å². The largest absolute Gasteiger partial charge is 0.489 e. The second-order valence-electron chi connectivity index (χ2n) is 10.8. The van der Waals surface area contributed by atoms with Gasteiger partial charge in [-0.1, -0.05) is 44.5 Å². The summed E-state index contributed by atoms with van der Waals surface area (Å²) in [5.74, 6) is 0.592. The number of halogens is 1. The van der Waals surface area contributed by atoms with Gasteiger partial charge < -0.3 is 20.0 Å². The molecule has 3 N–H and O–H groups in total. The lowest BCUT2D eigenvalue weighted by atomic mass is 9.89. The number of hydrogen-bond acceptors (Lipinski definition) is 7. The van der Waals surface area contributed by atoms with Crippen LogP contribution in [0.3, 0.4) is 0 Å². The summed E-state index contributed by atoms with van der Waals surface area (Å²) in [6.07, 6.45) is 2.13. The number of aliphatic carboxylic acids is 1. The van der Waals surface area contributed by atoms with Crippen molar-refractivity contribution >= 4 is 29.0 Å². The number of benzene rings is 2. The van der Waals surface area contributed by atoms with Crippen LogP contribution in [0.5, 0.6) is 5.75 Å². The van der Waals surface area contributed by atoms with E-state index in [4.69, 9.17) is 26.3 Å². The molecule has 0 aromatic heterocycles. The summed E-state index contributed by atoms with van der Waals surface area (Å²) in [7, 11) is 0. The number of rotatable bonds is 9. The van der Waals surface area contributed by atoms with Crippen molar-refractivity contribution in [2.24, 2.45) is 5.41 Å². The first-order valence-electron chi connectivity index (χ1n) is 12.8. The normalized spacial score (nSPS) is 15.8. The molecule has 2 aliphatic rings. The second kappa shape index (κ2) is 11.2. The Kier molecular flexibility index (Phi) is 8.21. The Bertz CT molecular complexity index is 1180. The van der Waals surface area contributed by atoms with Crippen LogP contribution in [0, 0.1) is 5.41 Å². The molecule has 0 radical (unpaired) electrons. The molecular formula is C28H37ClN4O4. The van der Waals surface area contributed by atoms with Crippen molar-refractivity contribution in [2.75, 3.05) is 18.1 Å². The van der Waals surface area contributed by atoms with Crippen molar-refractivity contribution in [3.8, 4) is 5.75 Å². The molecule has 37 heavy (non-hydrogen) atoms. The molecule has 2 heterocycles. The van der Waals surface area contributed by atoms with Crippen molar-refractivity contribution in [1.82, 2.24) is 16.0 Å². The first kappa shape index (κ1) is 27.1. The van der Waals surface area contributed by atoms with E-state index in [2.05, 4.69) is 54.9 Å². The minimum atomic E-state index is -0.793. The highest BCUT2D eigenvalue weighted by atomic mass is 35.5. The van der Waals surface area contributed by atoms with Gasteiger partial charge in [-0.25, -0.2) is 0 Å². The number of hydrogen-bond donors (Lipinski definition) is 3. The van der Waals surface area contributed by atoms with Gasteiger partial charge in [0.25, 0.3) is 0 Å². The summed E-state index contributed by atoms with van der Waals surface area (Å²) in [6, 6.07) is 12.2. The van der Waals surface area contributed by atoms with E-state index in [0.29, 0.717) is 23.9 Å². The van der Waals surface area contributed by atoms with Crippen LogP contribution < -0.4 is 20.7 Å². The van der Waals surface area contributed by atoms with Gasteiger partial charge in [-0.15, -0.1) is 0 Å². The number of allylic oxidation sites excluding steroid dienone is 1. The SMILES string of the molecule is CC(C)Oc1ccc(C2=C(C(C)(C)C)N(N3CCCc4cc(CNCCC(=O)O)ccc43)NO2)cc1Cl. The number of anilines is 1. The van der Waals surface area contributed by atoms with Gasteiger partial charge in [0.15, 0.2) is 5.76 Å². The van der Waals surface area contributed by atoms with Crippen LogP contribution in [0.15, 0.2) is 42.1 Å². The van der Waals surface area contributed by atoms with Crippen molar-refractivity contribution < 1.29 is 19.5 Å². The number of hydrazine groups is 2. The van der Waals surface area contributed by atoms with Gasteiger partial charge >= 0.3 is 5.97 Å². The molecule has 0 fully saturated rings. The Morgan fingerprint density at radius 3 is 2.70 bits per heavy atom. The average Bonchev–Trinajstić information content (AvgIpc) is 3.28. The minimum Gasteiger partial charge on any atom is -0.489 e. The van der Waals surface area contributed by atoms with Crippen LogP contribution in [0.25, 0.3) is 5.76 Å². The lowest BCUT2D eigenvalue weighted by Gasteiger charge is -2.41. The maximum Gasteiger partial charge on any atom is 0.304 e. The monoisotopic (exact) mass is 528 g/mol. The Labute approximate surface area is 224 Å². The van der Waals surface area contributed by atoms with Crippen molar-refractivity contribution in [2.45, 2.75) is 66.5 Å². The molecule has 8 nitrogen and oxygen atoms in total. The molecule has 2 aromatic rings. The fraction of sp³-hybridized carbons (Fsp3) is 0.464. The van der Waals surface area contributed by atoms with Crippen molar-refractivity contribution in [3.63, 3.8) is 0 Å². The number of aryl methyl sites for hydroxylation is 1. The van der Waals surface area contributed by atoms with Crippen LogP contribution >= 0.6 is 11.6 Å². The number of fused-ring (bicyclic) bond motifs is 1. The summed E-state index contributed by atoms with van der Waals surface area (Å²) < 4.78 is 5.81. The molecule has 200 valence electrons. The summed E-state index contributed by atoms with van der Waals surface area (Å²) >= 11 is 6.56. The standard InChI is InChI=1S/C28H37ClN4O4/c1-18(2)36-24-11-9-21(16-22(24)29)26-27(28(3,4)5)33(31-37-26)32-14-6-7-20-15-19(8-10-23(20)32)17-30-13-12-25(34)35/h8-11,15-16,18,30-31H,6-7,12-14,17H2,1-5H3,(H,34,35). The molecule has 0 bridgehead atoms. The second-order valence-corrected chi connectivity index (χ2v) is 11.2. The fourth-order valence-corrected chi connectivity index (χ4v) is 4.90. The highest BCUT2D eigenvalue weighted by molar-refractivity contribution is 6.32. The maximum atomic E-state index is 10.8. The van der Waals surface area contributed by atoms with E-state index in [-0.39, 0.29) is 17.9 Å². The van der Waals surface area contributed by atoms with Gasteiger partial charge in [-0.3, -0.25) is 9.80 Å². The first-order valence-corrected chi connectivity index (χ1v) is 13.2. The molecule has 4 rings (SSSR count). The lowest BCUT2D eigenvalue weighted by molar-refractivity contribution is -0.136. The molecule has 2 aromatic carbocycles. The van der Waals surface area contributed by atoms with E-state index in [1.807, 2.05) is 37.2 Å². The molecule has 0 spiro atoms. The molecule has 0 atom stereocenters. The Balaban J connectivity index is 1.61. The lowest BCUT2D eigenvalue weighted by Crippen LogP contribution is -2.51. The van der Waals surface area contributed by atoms with Crippen molar-refractivity contribution in [3.05, 3.63) is 63.8 Å². The zero-order chi connectivity index (χ0) is 26.7. The van der Waals surface area contributed by atoms with Crippen LogP contribution in [-0.2, 0) is 22.6 Å². The molecule has 2 aliphatic heterocycles. The number of carboxylic acids is 1. The summed E-state index contributed by atoms with van der Waals surface area (Å²) in [6.45, 7) is 12.4. The minimum absolute atomic E-state index is 0.0350. The Morgan fingerprint density at radius 2 is 2.03 bits per heavy atom. The van der Waals surface area contributed by atoms with Gasteiger partial charge in [0.2, 0.25) is 0 Å². The number of nitrogens with one attached hydrogen (secondary N) is 2.